The van der Waals surface area contributed by atoms with Crippen LogP contribution in [0.15, 0.2) is 0 Å². The SMILES string of the molecule is CC(C)(C)CS(=O)(=O)N(CCO)C1CCCC1. The van der Waals surface area contributed by atoms with Crippen molar-refractivity contribution in [3.05, 3.63) is 0 Å². The van der Waals surface area contributed by atoms with E-state index in [2.05, 4.69) is 0 Å². The molecule has 0 unspecified atom stereocenters. The molecule has 0 aromatic heterocycles. The van der Waals surface area contributed by atoms with Crippen LogP contribution in [0.1, 0.15) is 46.5 Å². The van der Waals surface area contributed by atoms with E-state index < -0.39 is 10.0 Å². The summed E-state index contributed by atoms with van der Waals surface area (Å²) in [6.07, 6.45) is 4.06. The molecule has 0 spiro atoms. The van der Waals surface area contributed by atoms with Gasteiger partial charge in [-0.25, -0.2) is 8.42 Å². The van der Waals surface area contributed by atoms with Gasteiger partial charge < -0.3 is 5.11 Å². The normalized spacial score (nSPS) is 19.1. The molecule has 0 atom stereocenters. The van der Waals surface area contributed by atoms with Crippen molar-refractivity contribution in [2.75, 3.05) is 18.9 Å². The van der Waals surface area contributed by atoms with Crippen molar-refractivity contribution >= 4 is 10.0 Å². The van der Waals surface area contributed by atoms with Gasteiger partial charge in [0.25, 0.3) is 0 Å². The first-order valence-electron chi connectivity index (χ1n) is 6.37. The predicted molar refractivity (Wildman–Crippen MR) is 69.3 cm³/mol. The van der Waals surface area contributed by atoms with Gasteiger partial charge >= 0.3 is 0 Å². The van der Waals surface area contributed by atoms with E-state index >= 15 is 0 Å². The van der Waals surface area contributed by atoms with E-state index in [0.717, 1.165) is 25.7 Å². The molecule has 102 valence electrons. The molecule has 0 amide bonds. The molecule has 1 N–H and O–H groups in total. The Balaban J connectivity index is 2.81. The zero-order chi connectivity index (χ0) is 13.1. The van der Waals surface area contributed by atoms with Gasteiger partial charge in [0.2, 0.25) is 10.0 Å². The van der Waals surface area contributed by atoms with Crippen LogP contribution in [0.4, 0.5) is 0 Å². The second-order valence-electron chi connectivity index (χ2n) is 6.09. The number of aliphatic hydroxyl groups is 1. The fraction of sp³-hybridized carbons (Fsp3) is 1.00. The molecule has 0 saturated heterocycles. The predicted octanol–water partition coefficient (Wildman–Crippen LogP) is 1.60. The van der Waals surface area contributed by atoms with Crippen LogP contribution in [0.2, 0.25) is 0 Å². The Labute approximate surface area is 105 Å². The van der Waals surface area contributed by atoms with E-state index in [1.807, 2.05) is 20.8 Å². The maximum atomic E-state index is 12.3. The third kappa shape index (κ3) is 4.56. The largest absolute Gasteiger partial charge is 0.395 e. The van der Waals surface area contributed by atoms with Crippen molar-refractivity contribution in [3.63, 3.8) is 0 Å². The highest BCUT2D eigenvalue weighted by Gasteiger charge is 2.34. The van der Waals surface area contributed by atoms with Crippen molar-refractivity contribution in [1.82, 2.24) is 4.31 Å². The second kappa shape index (κ2) is 5.67. The van der Waals surface area contributed by atoms with E-state index in [0.29, 0.717) is 0 Å². The molecule has 17 heavy (non-hydrogen) atoms. The Bertz CT molecular complexity index is 326. The fourth-order valence-electron chi connectivity index (χ4n) is 2.47. The molecule has 0 bridgehead atoms. The van der Waals surface area contributed by atoms with Gasteiger partial charge in [-0.15, -0.1) is 0 Å². The van der Waals surface area contributed by atoms with Crippen LogP contribution in [0.25, 0.3) is 0 Å². The van der Waals surface area contributed by atoms with Gasteiger partial charge in [-0.3, -0.25) is 0 Å². The van der Waals surface area contributed by atoms with Gasteiger partial charge in [-0.2, -0.15) is 4.31 Å². The van der Waals surface area contributed by atoms with Gasteiger partial charge in [0.1, 0.15) is 0 Å². The van der Waals surface area contributed by atoms with Gasteiger partial charge in [-0.05, 0) is 18.3 Å². The van der Waals surface area contributed by atoms with Crippen molar-refractivity contribution in [2.24, 2.45) is 5.41 Å². The van der Waals surface area contributed by atoms with Crippen LogP contribution in [0.5, 0.6) is 0 Å². The number of aliphatic hydroxyl groups excluding tert-OH is 1. The van der Waals surface area contributed by atoms with E-state index in [9.17, 15) is 8.42 Å². The number of sulfonamides is 1. The molecule has 1 aliphatic rings. The molecule has 0 aromatic rings. The van der Waals surface area contributed by atoms with Crippen LogP contribution in [0.3, 0.4) is 0 Å². The first kappa shape index (κ1) is 14.9. The molecule has 1 saturated carbocycles. The monoisotopic (exact) mass is 263 g/mol. The average molecular weight is 263 g/mol. The summed E-state index contributed by atoms with van der Waals surface area (Å²) in [5.74, 6) is 0.149. The quantitative estimate of drug-likeness (QED) is 0.819. The summed E-state index contributed by atoms with van der Waals surface area (Å²) in [5.41, 5.74) is -0.245. The third-order valence-electron chi connectivity index (χ3n) is 3.03. The highest BCUT2D eigenvalue weighted by molar-refractivity contribution is 7.89. The van der Waals surface area contributed by atoms with Crippen molar-refractivity contribution < 1.29 is 13.5 Å². The summed E-state index contributed by atoms with van der Waals surface area (Å²) in [5, 5.41) is 9.05. The summed E-state index contributed by atoms with van der Waals surface area (Å²) in [6, 6.07) is 0.106. The minimum atomic E-state index is -3.25. The van der Waals surface area contributed by atoms with Crippen molar-refractivity contribution in [2.45, 2.75) is 52.5 Å². The first-order valence-corrected chi connectivity index (χ1v) is 7.97. The zero-order valence-electron chi connectivity index (χ0n) is 11.1. The lowest BCUT2D eigenvalue weighted by Gasteiger charge is -2.30. The molecule has 0 aliphatic heterocycles. The van der Waals surface area contributed by atoms with E-state index in [1.165, 1.54) is 4.31 Å². The van der Waals surface area contributed by atoms with Gasteiger partial charge in [-0.1, -0.05) is 33.6 Å². The summed E-state index contributed by atoms with van der Waals surface area (Å²) in [7, 11) is -3.25. The lowest BCUT2D eigenvalue weighted by Crippen LogP contribution is -2.44. The summed E-state index contributed by atoms with van der Waals surface area (Å²) < 4.78 is 26.2. The maximum Gasteiger partial charge on any atom is 0.214 e. The van der Waals surface area contributed by atoms with Crippen LogP contribution in [-0.2, 0) is 10.0 Å². The lowest BCUT2D eigenvalue weighted by atomic mass is 10.0. The van der Waals surface area contributed by atoms with Crippen LogP contribution in [0, 0.1) is 5.41 Å². The number of rotatable bonds is 5. The number of hydrogen-bond acceptors (Lipinski definition) is 3. The Morgan fingerprint density at radius 3 is 2.18 bits per heavy atom. The van der Waals surface area contributed by atoms with Crippen LogP contribution >= 0.6 is 0 Å². The molecule has 5 heteroatoms. The van der Waals surface area contributed by atoms with E-state index in [-0.39, 0.29) is 30.4 Å². The standard InChI is InChI=1S/C12H25NO3S/c1-12(2,3)10-17(15,16)13(8-9-14)11-6-4-5-7-11/h11,14H,4-10H2,1-3H3. The van der Waals surface area contributed by atoms with Crippen LogP contribution < -0.4 is 0 Å². The minimum absolute atomic E-state index is 0.0973. The first-order chi connectivity index (χ1) is 7.76. The topological polar surface area (TPSA) is 57.6 Å². The molecule has 0 radical (unpaired) electrons. The Hall–Kier alpha value is -0.130. The van der Waals surface area contributed by atoms with Gasteiger partial charge in [0.15, 0.2) is 0 Å². The van der Waals surface area contributed by atoms with Crippen LogP contribution in [-0.4, -0.2) is 42.8 Å². The average Bonchev–Trinajstić information content (AvgIpc) is 2.62. The highest BCUT2D eigenvalue weighted by Crippen LogP contribution is 2.28. The van der Waals surface area contributed by atoms with Crippen molar-refractivity contribution in [3.8, 4) is 0 Å². The Kier molecular flexibility index (Phi) is 4.98. The Morgan fingerprint density at radius 1 is 1.24 bits per heavy atom. The highest BCUT2D eigenvalue weighted by atomic mass is 32.2. The zero-order valence-corrected chi connectivity index (χ0v) is 12.0. The molecule has 1 fully saturated rings. The summed E-state index contributed by atoms with van der Waals surface area (Å²) in [4.78, 5) is 0. The fourth-order valence-corrected chi connectivity index (χ4v) is 4.75. The summed E-state index contributed by atoms with van der Waals surface area (Å²) >= 11 is 0. The minimum Gasteiger partial charge on any atom is -0.395 e. The lowest BCUT2D eigenvalue weighted by molar-refractivity contribution is 0.224. The molecule has 1 aliphatic carbocycles. The van der Waals surface area contributed by atoms with E-state index in [1.54, 1.807) is 0 Å². The van der Waals surface area contributed by atoms with Gasteiger partial charge in [0.05, 0.1) is 12.4 Å². The Morgan fingerprint density at radius 2 is 1.76 bits per heavy atom. The molecular formula is C12H25NO3S. The summed E-state index contributed by atoms with van der Waals surface area (Å²) in [6.45, 7) is 5.92. The third-order valence-corrected chi connectivity index (χ3v) is 5.45. The number of nitrogens with zero attached hydrogens (tertiary/aromatic N) is 1. The molecule has 1 rings (SSSR count). The molecule has 0 aromatic carbocycles. The second-order valence-corrected chi connectivity index (χ2v) is 8.01. The molecule has 0 heterocycles. The maximum absolute atomic E-state index is 12.3. The molecule has 4 nitrogen and oxygen atoms in total. The van der Waals surface area contributed by atoms with Gasteiger partial charge in [0, 0.05) is 12.6 Å². The smallest absolute Gasteiger partial charge is 0.214 e. The number of hydrogen-bond donors (Lipinski definition) is 1. The van der Waals surface area contributed by atoms with Crippen molar-refractivity contribution in [1.29, 1.82) is 0 Å². The molecular weight excluding hydrogens is 238 g/mol. The van der Waals surface area contributed by atoms with E-state index in [4.69, 9.17) is 5.11 Å².